The third-order valence-electron chi connectivity index (χ3n) is 14.3. The summed E-state index contributed by atoms with van der Waals surface area (Å²) in [5.41, 5.74) is 3.82. The maximum atomic E-state index is 13.7. The van der Waals surface area contributed by atoms with Crippen LogP contribution >= 0.6 is 23.4 Å². The van der Waals surface area contributed by atoms with Gasteiger partial charge in [0.25, 0.3) is 11.8 Å². The van der Waals surface area contributed by atoms with Gasteiger partial charge >= 0.3 is 12.1 Å². The van der Waals surface area contributed by atoms with Gasteiger partial charge in [0.2, 0.25) is 17.7 Å². The molecule has 1 fully saturated rings. The minimum absolute atomic E-state index is 0.0190. The Hall–Kier alpha value is -7.14. The Morgan fingerprint density at radius 3 is 2.28 bits per heavy atom. The second-order valence-electron chi connectivity index (χ2n) is 21.4. The number of amides is 6. The van der Waals surface area contributed by atoms with E-state index in [4.69, 9.17) is 40.3 Å². The van der Waals surface area contributed by atoms with Crippen LogP contribution in [0.5, 0.6) is 5.75 Å². The van der Waals surface area contributed by atoms with Crippen molar-refractivity contribution in [2.45, 2.75) is 122 Å². The monoisotopic (exact) mass is 1170 g/mol. The van der Waals surface area contributed by atoms with Gasteiger partial charge in [-0.1, -0.05) is 54.6 Å². The third-order valence-corrected chi connectivity index (χ3v) is 15.9. The Bertz CT molecular complexity index is 3050. The number of rotatable bonds is 27. The molecular formula is C59H72ClN9O12S. The maximum absolute atomic E-state index is 13.7. The van der Waals surface area contributed by atoms with E-state index in [2.05, 4.69) is 44.6 Å². The molecule has 23 heteroatoms. The maximum Gasteiger partial charge on any atom is 0.409 e. The topological polar surface area (TPSA) is 251 Å². The molecule has 3 unspecified atom stereocenters. The van der Waals surface area contributed by atoms with Crippen LogP contribution in [0.25, 0.3) is 0 Å². The van der Waals surface area contributed by atoms with Crippen molar-refractivity contribution in [1.82, 2.24) is 29.9 Å². The van der Waals surface area contributed by atoms with Crippen LogP contribution in [0.4, 0.5) is 16.2 Å². The van der Waals surface area contributed by atoms with Crippen molar-refractivity contribution in [2.24, 2.45) is 10.9 Å². The van der Waals surface area contributed by atoms with Crippen molar-refractivity contribution in [1.29, 1.82) is 0 Å². The Labute approximate surface area is 486 Å². The smallest absolute Gasteiger partial charge is 0.409 e. The van der Waals surface area contributed by atoms with Crippen LogP contribution in [0.3, 0.4) is 0 Å². The molecule has 1 aromatic heterocycles. The largest absolute Gasteiger partial charge is 0.491 e. The van der Waals surface area contributed by atoms with E-state index in [1.807, 2.05) is 52.0 Å². The van der Waals surface area contributed by atoms with Gasteiger partial charge in [-0.15, -0.1) is 22.0 Å². The van der Waals surface area contributed by atoms with Crippen LogP contribution in [0, 0.1) is 12.8 Å². The van der Waals surface area contributed by atoms with Crippen LogP contribution in [0.2, 0.25) is 5.02 Å². The molecule has 3 aromatic carbocycles. The zero-order valence-electron chi connectivity index (χ0n) is 47.3. The predicted molar refractivity (Wildman–Crippen MR) is 309 cm³/mol. The number of thioether (sulfide) groups is 1. The van der Waals surface area contributed by atoms with Gasteiger partial charge in [-0.3, -0.25) is 48.5 Å². The van der Waals surface area contributed by atoms with E-state index in [0.29, 0.717) is 40.8 Å². The number of nitrogens with zero attached hydrogens (tertiary/aromatic N) is 6. The first-order valence-corrected chi connectivity index (χ1v) is 29.1. The number of hydrogen-bond acceptors (Lipinski definition) is 17. The van der Waals surface area contributed by atoms with Crippen LogP contribution in [0.1, 0.15) is 142 Å². The molecule has 6 amide bonds. The number of fused-ring (bicyclic) bond motifs is 4. The molecule has 0 radical (unpaired) electrons. The van der Waals surface area contributed by atoms with E-state index in [-0.39, 0.29) is 113 Å². The molecule has 4 aliphatic heterocycles. The Morgan fingerprint density at radius 2 is 1.55 bits per heavy atom. The van der Waals surface area contributed by atoms with Crippen molar-refractivity contribution in [3.05, 3.63) is 111 Å². The number of nitrogens with one attached hydrogen (secondary N) is 3. The normalized spacial score (nSPS) is 18.5. The van der Waals surface area contributed by atoms with Gasteiger partial charge in [0.1, 0.15) is 35.9 Å². The summed E-state index contributed by atoms with van der Waals surface area (Å²) in [6.07, 6.45) is 3.89. The second kappa shape index (κ2) is 28.2. The SMILES string of the molecule is CC1=C(C)C2C(c3ccc(Cl)cc3)=N[C@@H](CC(=O)Nc3ccc(OCCOCCN(CCOCCNc4cccc5c4C(=O)N(C4CCC(=O)NC4=O)C5=O)C(=O)OCCCCCCCC(=O)OC(C)(C)C)cc3)c3nnc(C)n3C2S1. The molecule has 4 atom stereocenters. The van der Waals surface area contributed by atoms with Crippen LogP contribution < -0.4 is 20.7 Å². The number of aryl methyl sites for hydroxylation is 1. The molecule has 0 bridgehead atoms. The number of halogens is 1. The highest BCUT2D eigenvalue weighted by Gasteiger charge is 2.46. The first kappa shape index (κ1) is 60.9. The number of allylic oxidation sites excluding steroid dienone is 2. The molecular weight excluding hydrogens is 1090 g/mol. The summed E-state index contributed by atoms with van der Waals surface area (Å²) in [6.45, 7) is 13.6. The first-order valence-electron chi connectivity index (χ1n) is 27.9. The first-order chi connectivity index (χ1) is 39.4. The number of carbonyl (C=O) groups is 7. The lowest BCUT2D eigenvalue weighted by atomic mass is 9.90. The van der Waals surface area contributed by atoms with Gasteiger partial charge in [0.05, 0.1) is 67.6 Å². The Kier molecular flexibility index (Phi) is 21.0. The lowest BCUT2D eigenvalue weighted by Gasteiger charge is -2.27. The minimum atomic E-state index is -1.08. The number of esters is 1. The lowest BCUT2D eigenvalue weighted by Crippen LogP contribution is -2.54. The summed E-state index contributed by atoms with van der Waals surface area (Å²) >= 11 is 8.05. The van der Waals surface area contributed by atoms with E-state index in [1.165, 1.54) is 21.4 Å². The fraction of sp³-hybridized carbons (Fsp3) is 0.492. The van der Waals surface area contributed by atoms with Gasteiger partial charge in [-0.25, -0.2) is 4.79 Å². The average Bonchev–Trinajstić information content (AvgIpc) is 4.19. The summed E-state index contributed by atoms with van der Waals surface area (Å²) in [4.78, 5) is 99.1. The Morgan fingerprint density at radius 1 is 0.829 bits per heavy atom. The highest BCUT2D eigenvalue weighted by Crippen LogP contribution is 2.53. The van der Waals surface area contributed by atoms with Gasteiger partial charge in [0, 0.05) is 48.9 Å². The fourth-order valence-electron chi connectivity index (χ4n) is 10.1. The number of hydrogen-bond donors (Lipinski definition) is 3. The molecule has 21 nitrogen and oxygen atoms in total. The van der Waals surface area contributed by atoms with E-state index >= 15 is 0 Å². The lowest BCUT2D eigenvalue weighted by molar-refractivity contribution is -0.155. The minimum Gasteiger partial charge on any atom is -0.491 e. The molecule has 82 heavy (non-hydrogen) atoms. The number of benzene rings is 3. The molecule has 1 saturated heterocycles. The third kappa shape index (κ3) is 15.7. The van der Waals surface area contributed by atoms with Gasteiger partial charge in [-0.2, -0.15) is 0 Å². The van der Waals surface area contributed by atoms with Crippen LogP contribution in [0.15, 0.2) is 82.2 Å². The molecule has 0 spiro atoms. The zero-order valence-corrected chi connectivity index (χ0v) is 48.8. The number of aliphatic imine (C=N–C) groups is 1. The number of piperidine rings is 1. The summed E-state index contributed by atoms with van der Waals surface area (Å²) < 4.78 is 30.9. The number of unbranched alkanes of at least 4 members (excludes halogenated alkanes) is 4. The molecule has 0 saturated carbocycles. The number of aromatic nitrogens is 3. The van der Waals surface area contributed by atoms with Crippen molar-refractivity contribution in [3.63, 3.8) is 0 Å². The Balaban J connectivity index is 0.784. The van der Waals surface area contributed by atoms with Crippen LogP contribution in [-0.4, -0.2) is 143 Å². The summed E-state index contributed by atoms with van der Waals surface area (Å²) in [5, 5.41) is 17.9. The molecule has 4 aliphatic rings. The zero-order chi connectivity index (χ0) is 58.5. The molecule has 4 aromatic rings. The highest BCUT2D eigenvalue weighted by atomic mass is 35.5. The highest BCUT2D eigenvalue weighted by molar-refractivity contribution is 8.03. The summed E-state index contributed by atoms with van der Waals surface area (Å²) in [6, 6.07) is 17.8. The number of anilines is 2. The molecule has 3 N–H and O–H groups in total. The standard InChI is InChI=1S/C59H72ClN9O12S/c1-36-37(2)82-57-50(36)52(39-16-18-40(60)19-17-39)63-45(53-66-65-38(3)68(53)57)35-48(71)62-41-20-22-42(23-21-41)79-34-33-78-32-28-67(58(76)80-29-11-9-7-8-10-15-49(72)81-59(4,5)6)27-31-77-30-26-61-44-14-12-13-43-51(44)56(75)69(55(43)74)46-24-25-47(70)64-54(46)73/h12-14,16-23,45-46,50,57,61H,7-11,15,24-35H2,1-6H3,(H,62,71)(H,64,70,73)/t45-,46?,50?,57?/m0/s1. The van der Waals surface area contributed by atoms with Crippen molar-refractivity contribution >= 4 is 82.0 Å². The van der Waals surface area contributed by atoms with Crippen molar-refractivity contribution in [3.8, 4) is 5.75 Å². The van der Waals surface area contributed by atoms with Crippen molar-refractivity contribution in [2.75, 3.05) is 69.9 Å². The number of imide groups is 2. The molecule has 8 rings (SSSR count). The van der Waals surface area contributed by atoms with Crippen LogP contribution in [-0.2, 0) is 38.1 Å². The van der Waals surface area contributed by atoms with E-state index in [0.717, 1.165) is 47.7 Å². The van der Waals surface area contributed by atoms with E-state index in [9.17, 15) is 33.6 Å². The van der Waals surface area contributed by atoms with Gasteiger partial charge in [0.15, 0.2) is 5.82 Å². The van der Waals surface area contributed by atoms with Gasteiger partial charge in [-0.05, 0) is 120 Å². The molecule has 5 heterocycles. The molecule has 438 valence electrons. The summed E-state index contributed by atoms with van der Waals surface area (Å²) in [7, 11) is 0. The fourth-order valence-corrected chi connectivity index (χ4v) is 11.8. The van der Waals surface area contributed by atoms with Gasteiger partial charge < -0.3 is 39.2 Å². The second-order valence-corrected chi connectivity index (χ2v) is 23.2. The number of carbonyl (C=O) groups excluding carboxylic acids is 7. The average molecular weight is 1170 g/mol. The number of ether oxygens (including phenoxy) is 5. The van der Waals surface area contributed by atoms with E-state index < -0.39 is 47.4 Å². The molecule has 0 aliphatic carbocycles. The summed E-state index contributed by atoms with van der Waals surface area (Å²) in [5.74, 6) is -0.874. The predicted octanol–water partition coefficient (Wildman–Crippen LogP) is 9.01. The quantitative estimate of drug-likeness (QED) is 0.0286. The van der Waals surface area contributed by atoms with Crippen molar-refractivity contribution < 1.29 is 57.2 Å². The van der Waals surface area contributed by atoms with E-state index in [1.54, 1.807) is 48.2 Å².